The molecule has 3 rings (SSSR count). The van der Waals surface area contributed by atoms with Gasteiger partial charge in [-0.05, 0) is 49.8 Å². The number of anilines is 1. The van der Waals surface area contributed by atoms with Crippen LogP contribution in [0.5, 0.6) is 11.5 Å². The molecule has 0 aromatic heterocycles. The molecule has 0 atom stereocenters. The first kappa shape index (κ1) is 16.9. The summed E-state index contributed by atoms with van der Waals surface area (Å²) < 4.78 is 0. The van der Waals surface area contributed by atoms with Crippen LogP contribution in [0.3, 0.4) is 0 Å². The van der Waals surface area contributed by atoms with E-state index in [1.165, 1.54) is 12.1 Å². The average Bonchev–Trinajstić information content (AvgIpc) is 2.56. The number of rotatable bonds is 3. The van der Waals surface area contributed by atoms with E-state index in [1.807, 2.05) is 44.4 Å². The third-order valence-electron chi connectivity index (χ3n) is 3.40. The molecule has 5 heteroatoms. The SMILES string of the molecule is CNC.OCCNc1cccc2cc3c(O)ccc(O)c3cc12. The summed E-state index contributed by atoms with van der Waals surface area (Å²) in [5.41, 5.74) is 0.890. The van der Waals surface area contributed by atoms with Crippen molar-refractivity contribution >= 4 is 27.2 Å². The minimum Gasteiger partial charge on any atom is -0.507 e. The number of phenols is 2. The first-order valence-corrected chi connectivity index (χ1v) is 7.43. The molecule has 0 unspecified atom stereocenters. The molecule has 0 aliphatic heterocycles. The summed E-state index contributed by atoms with van der Waals surface area (Å²) in [6.07, 6.45) is 0. The third-order valence-corrected chi connectivity index (χ3v) is 3.40. The quantitative estimate of drug-likeness (QED) is 0.379. The summed E-state index contributed by atoms with van der Waals surface area (Å²) in [6.45, 7) is 0.513. The largest absolute Gasteiger partial charge is 0.507 e. The molecule has 23 heavy (non-hydrogen) atoms. The van der Waals surface area contributed by atoms with Crippen LogP contribution < -0.4 is 10.6 Å². The highest BCUT2D eigenvalue weighted by molar-refractivity contribution is 6.07. The van der Waals surface area contributed by atoms with Crippen LogP contribution in [-0.2, 0) is 0 Å². The van der Waals surface area contributed by atoms with Gasteiger partial charge in [0.25, 0.3) is 0 Å². The van der Waals surface area contributed by atoms with E-state index >= 15 is 0 Å². The van der Waals surface area contributed by atoms with Crippen molar-refractivity contribution in [3.63, 3.8) is 0 Å². The molecule has 0 fully saturated rings. The molecule has 0 saturated heterocycles. The molecule has 0 aliphatic rings. The Balaban J connectivity index is 0.000000595. The van der Waals surface area contributed by atoms with Gasteiger partial charge in [0, 0.05) is 28.4 Å². The summed E-state index contributed by atoms with van der Waals surface area (Å²) >= 11 is 0. The Hall–Kier alpha value is -2.50. The summed E-state index contributed by atoms with van der Waals surface area (Å²) in [6, 6.07) is 12.4. The van der Waals surface area contributed by atoms with Gasteiger partial charge in [0.2, 0.25) is 0 Å². The van der Waals surface area contributed by atoms with E-state index in [9.17, 15) is 10.2 Å². The topological polar surface area (TPSA) is 84.8 Å². The molecule has 0 aliphatic carbocycles. The first-order valence-electron chi connectivity index (χ1n) is 7.43. The maximum Gasteiger partial charge on any atom is 0.123 e. The lowest BCUT2D eigenvalue weighted by atomic mass is 10.0. The van der Waals surface area contributed by atoms with E-state index in [0.717, 1.165) is 16.5 Å². The van der Waals surface area contributed by atoms with Crippen molar-refractivity contribution in [3.8, 4) is 11.5 Å². The standard InChI is InChI=1S/C16H15NO3.C2H7N/c18-7-6-17-14-3-1-2-10-8-12-13(9-11(10)14)16(20)5-4-15(12)19;1-3-2/h1-5,8-9,17-20H,6-7H2;3H,1-2H3. The van der Waals surface area contributed by atoms with Gasteiger partial charge >= 0.3 is 0 Å². The van der Waals surface area contributed by atoms with Crippen molar-refractivity contribution in [3.05, 3.63) is 42.5 Å². The number of benzene rings is 3. The zero-order valence-corrected chi connectivity index (χ0v) is 13.3. The second kappa shape index (κ2) is 7.67. The van der Waals surface area contributed by atoms with Crippen molar-refractivity contribution in [1.82, 2.24) is 5.32 Å². The van der Waals surface area contributed by atoms with Crippen molar-refractivity contribution in [1.29, 1.82) is 0 Å². The van der Waals surface area contributed by atoms with E-state index in [-0.39, 0.29) is 18.1 Å². The van der Waals surface area contributed by atoms with E-state index in [1.54, 1.807) is 0 Å². The molecular formula is C18H22N2O3. The highest BCUT2D eigenvalue weighted by atomic mass is 16.3. The molecule has 0 amide bonds. The highest BCUT2D eigenvalue weighted by Crippen LogP contribution is 2.36. The van der Waals surface area contributed by atoms with Gasteiger partial charge < -0.3 is 26.0 Å². The van der Waals surface area contributed by atoms with Gasteiger partial charge in [0.15, 0.2) is 0 Å². The number of aliphatic hydroxyl groups is 1. The number of phenolic OH excluding ortho intramolecular Hbond substituents is 2. The lowest BCUT2D eigenvalue weighted by molar-refractivity contribution is 0.311. The molecule has 0 bridgehead atoms. The Bertz CT molecular complexity index is 803. The molecule has 0 saturated carbocycles. The molecule has 0 radical (unpaired) electrons. The number of hydrogen-bond donors (Lipinski definition) is 5. The molecule has 0 heterocycles. The molecule has 0 spiro atoms. The Labute approximate surface area is 135 Å². The number of aromatic hydroxyl groups is 2. The van der Waals surface area contributed by atoms with Crippen LogP contribution in [-0.4, -0.2) is 42.6 Å². The average molecular weight is 314 g/mol. The highest BCUT2D eigenvalue weighted by Gasteiger charge is 2.08. The van der Waals surface area contributed by atoms with Gasteiger partial charge in [-0.1, -0.05) is 12.1 Å². The molecule has 5 N–H and O–H groups in total. The van der Waals surface area contributed by atoms with E-state index in [0.29, 0.717) is 17.3 Å². The third kappa shape index (κ3) is 3.64. The van der Waals surface area contributed by atoms with Gasteiger partial charge in [0.1, 0.15) is 11.5 Å². The van der Waals surface area contributed by atoms with E-state index < -0.39 is 0 Å². The van der Waals surface area contributed by atoms with Gasteiger partial charge in [-0.25, -0.2) is 0 Å². The fourth-order valence-electron chi connectivity index (χ4n) is 2.43. The Kier molecular flexibility index (Phi) is 5.62. The molecule has 3 aromatic rings. The zero-order chi connectivity index (χ0) is 16.8. The Morgan fingerprint density at radius 1 is 0.870 bits per heavy atom. The monoisotopic (exact) mass is 314 g/mol. The summed E-state index contributed by atoms with van der Waals surface area (Å²) in [7, 11) is 3.75. The molecule has 5 nitrogen and oxygen atoms in total. The van der Waals surface area contributed by atoms with Crippen LogP contribution in [0.1, 0.15) is 0 Å². The number of hydrogen-bond acceptors (Lipinski definition) is 5. The van der Waals surface area contributed by atoms with Crippen LogP contribution in [0.15, 0.2) is 42.5 Å². The Morgan fingerprint density at radius 3 is 2.09 bits per heavy atom. The molecule has 3 aromatic carbocycles. The molecule has 122 valence electrons. The summed E-state index contributed by atoms with van der Waals surface area (Å²) in [5.74, 6) is 0.282. The predicted molar refractivity (Wildman–Crippen MR) is 95.3 cm³/mol. The maximum atomic E-state index is 9.95. The Morgan fingerprint density at radius 2 is 1.48 bits per heavy atom. The minimum atomic E-state index is 0.0516. The van der Waals surface area contributed by atoms with Crippen LogP contribution >= 0.6 is 0 Å². The van der Waals surface area contributed by atoms with Gasteiger partial charge in [0.05, 0.1) is 6.61 Å². The number of nitrogens with one attached hydrogen (secondary N) is 2. The van der Waals surface area contributed by atoms with Gasteiger partial charge in [-0.3, -0.25) is 0 Å². The van der Waals surface area contributed by atoms with Gasteiger partial charge in [-0.15, -0.1) is 0 Å². The predicted octanol–water partition coefficient (Wildman–Crippen LogP) is 2.64. The van der Waals surface area contributed by atoms with Crippen LogP contribution in [0.2, 0.25) is 0 Å². The second-order valence-electron chi connectivity index (χ2n) is 5.18. The van der Waals surface area contributed by atoms with Crippen LogP contribution in [0, 0.1) is 0 Å². The fourth-order valence-corrected chi connectivity index (χ4v) is 2.43. The minimum absolute atomic E-state index is 0.0516. The smallest absolute Gasteiger partial charge is 0.123 e. The number of fused-ring (bicyclic) bond motifs is 2. The maximum absolute atomic E-state index is 9.95. The van der Waals surface area contributed by atoms with E-state index in [4.69, 9.17) is 5.11 Å². The number of aliphatic hydroxyl groups excluding tert-OH is 1. The van der Waals surface area contributed by atoms with E-state index in [2.05, 4.69) is 10.6 Å². The van der Waals surface area contributed by atoms with Crippen molar-refractivity contribution in [2.75, 3.05) is 32.6 Å². The summed E-state index contributed by atoms with van der Waals surface area (Å²) in [4.78, 5) is 0. The first-order chi connectivity index (χ1) is 11.1. The lowest BCUT2D eigenvalue weighted by Gasteiger charge is -2.11. The second-order valence-corrected chi connectivity index (χ2v) is 5.18. The van der Waals surface area contributed by atoms with Gasteiger partial charge in [-0.2, -0.15) is 0 Å². The van der Waals surface area contributed by atoms with Crippen LogP contribution in [0.4, 0.5) is 5.69 Å². The normalized spacial score (nSPS) is 10.4. The lowest BCUT2D eigenvalue weighted by Crippen LogP contribution is -2.05. The van der Waals surface area contributed by atoms with Crippen molar-refractivity contribution in [2.24, 2.45) is 0 Å². The van der Waals surface area contributed by atoms with Crippen molar-refractivity contribution < 1.29 is 15.3 Å². The fraction of sp³-hybridized carbons (Fsp3) is 0.222. The van der Waals surface area contributed by atoms with Crippen LogP contribution in [0.25, 0.3) is 21.5 Å². The zero-order valence-electron chi connectivity index (χ0n) is 13.3. The molecular weight excluding hydrogens is 292 g/mol. The van der Waals surface area contributed by atoms with Crippen molar-refractivity contribution in [2.45, 2.75) is 0 Å². The summed E-state index contributed by atoms with van der Waals surface area (Å²) in [5, 5.41) is 37.8.